The van der Waals surface area contributed by atoms with Gasteiger partial charge in [-0.2, -0.15) is 0 Å². The van der Waals surface area contributed by atoms with Crippen LogP contribution in [0.1, 0.15) is 48.0 Å². The van der Waals surface area contributed by atoms with Gasteiger partial charge in [-0.1, -0.05) is 17.7 Å². The topological polar surface area (TPSA) is 105 Å². The van der Waals surface area contributed by atoms with Crippen molar-refractivity contribution in [1.82, 2.24) is 15.1 Å². The molecule has 3 aliphatic rings. The number of aryl methyl sites for hydroxylation is 1. The molecule has 2 saturated heterocycles. The minimum atomic E-state index is -0.626. The maximum absolute atomic E-state index is 13.4. The summed E-state index contributed by atoms with van der Waals surface area (Å²) >= 11 is 0. The fourth-order valence-corrected chi connectivity index (χ4v) is 4.68. The normalized spacial score (nSPS) is 25.1. The van der Waals surface area contributed by atoms with E-state index in [4.69, 9.17) is 10.5 Å². The van der Waals surface area contributed by atoms with Crippen molar-refractivity contribution in [2.24, 2.45) is 11.7 Å². The molecule has 0 radical (unpaired) electrons. The van der Waals surface area contributed by atoms with Gasteiger partial charge in [0.15, 0.2) is 0 Å². The molecule has 1 aromatic carbocycles. The highest BCUT2D eigenvalue weighted by atomic mass is 16.5. The summed E-state index contributed by atoms with van der Waals surface area (Å²) in [6.45, 7) is 4.26. The average molecular weight is 443 g/mol. The number of nitrogens with two attached hydrogens (primary N) is 1. The number of nitrogens with zero attached hydrogens (tertiary/aromatic N) is 2. The molecule has 2 aliphatic heterocycles. The summed E-state index contributed by atoms with van der Waals surface area (Å²) < 4.78 is 5.81. The molecule has 0 aromatic heterocycles. The molecule has 174 valence electrons. The highest BCUT2D eigenvalue weighted by Gasteiger charge is 2.46. The molecule has 2 heterocycles. The van der Waals surface area contributed by atoms with E-state index in [0.29, 0.717) is 38.2 Å². The zero-order chi connectivity index (χ0) is 22.7. The van der Waals surface area contributed by atoms with Crippen LogP contribution in [0.5, 0.6) is 0 Å². The van der Waals surface area contributed by atoms with Crippen LogP contribution in [-0.2, 0) is 14.3 Å². The monoisotopic (exact) mass is 442 g/mol. The van der Waals surface area contributed by atoms with Crippen molar-refractivity contribution in [3.63, 3.8) is 0 Å². The van der Waals surface area contributed by atoms with Crippen LogP contribution in [0.2, 0.25) is 0 Å². The van der Waals surface area contributed by atoms with Gasteiger partial charge >= 0.3 is 0 Å². The fraction of sp³-hybridized carbons (Fsp3) is 0.625. The second-order valence-electron chi connectivity index (χ2n) is 9.21. The van der Waals surface area contributed by atoms with Crippen molar-refractivity contribution in [3.05, 3.63) is 35.4 Å². The number of hydrogen-bond acceptors (Lipinski definition) is 5. The molecule has 1 aliphatic carbocycles. The summed E-state index contributed by atoms with van der Waals surface area (Å²) in [6, 6.07) is 6.54. The quantitative estimate of drug-likeness (QED) is 0.627. The third kappa shape index (κ3) is 5.13. The smallest absolute Gasteiger partial charge is 0.254 e. The van der Waals surface area contributed by atoms with Crippen molar-refractivity contribution in [2.75, 3.05) is 32.8 Å². The zero-order valence-corrected chi connectivity index (χ0v) is 18.8. The summed E-state index contributed by atoms with van der Waals surface area (Å²) in [6.07, 6.45) is 4.24. The molecule has 3 amide bonds. The van der Waals surface area contributed by atoms with Crippen LogP contribution in [0, 0.1) is 12.8 Å². The van der Waals surface area contributed by atoms with Crippen molar-refractivity contribution in [1.29, 1.82) is 0 Å². The van der Waals surface area contributed by atoms with E-state index in [1.165, 1.54) is 0 Å². The lowest BCUT2D eigenvalue weighted by Crippen LogP contribution is -2.47. The Kier molecular flexibility index (Phi) is 7.10. The third-order valence-electron chi connectivity index (χ3n) is 6.66. The Morgan fingerprint density at radius 3 is 2.56 bits per heavy atom. The van der Waals surface area contributed by atoms with E-state index in [1.54, 1.807) is 17.0 Å². The first-order chi connectivity index (χ1) is 15.5. The van der Waals surface area contributed by atoms with E-state index in [1.807, 2.05) is 24.0 Å². The molecule has 32 heavy (non-hydrogen) atoms. The van der Waals surface area contributed by atoms with Gasteiger partial charge in [-0.15, -0.1) is 0 Å². The van der Waals surface area contributed by atoms with Crippen LogP contribution >= 0.6 is 0 Å². The highest BCUT2D eigenvalue weighted by molar-refractivity contribution is 5.98. The lowest BCUT2D eigenvalue weighted by atomic mass is 10.1. The summed E-state index contributed by atoms with van der Waals surface area (Å²) in [5, 5.41) is 2.83. The molecule has 8 heteroatoms. The Hall–Kier alpha value is -2.45. The number of carbonyl (C=O) groups is 3. The van der Waals surface area contributed by atoms with E-state index in [9.17, 15) is 14.4 Å². The maximum atomic E-state index is 13.4. The lowest BCUT2D eigenvalue weighted by Gasteiger charge is -2.31. The van der Waals surface area contributed by atoms with E-state index in [0.717, 1.165) is 37.9 Å². The van der Waals surface area contributed by atoms with Crippen molar-refractivity contribution < 1.29 is 19.1 Å². The minimum absolute atomic E-state index is 0.0315. The van der Waals surface area contributed by atoms with Crippen LogP contribution in [0.3, 0.4) is 0 Å². The number of benzene rings is 1. The van der Waals surface area contributed by atoms with E-state index in [-0.39, 0.29) is 35.8 Å². The molecule has 3 atom stereocenters. The van der Waals surface area contributed by atoms with Gasteiger partial charge in [0.2, 0.25) is 11.8 Å². The van der Waals surface area contributed by atoms with Gasteiger partial charge in [0.1, 0.15) is 6.04 Å². The van der Waals surface area contributed by atoms with Crippen LogP contribution in [0.25, 0.3) is 0 Å². The molecule has 8 nitrogen and oxygen atoms in total. The number of nitrogens with one attached hydrogen (secondary N) is 1. The van der Waals surface area contributed by atoms with Crippen molar-refractivity contribution in [3.8, 4) is 0 Å². The van der Waals surface area contributed by atoms with Gasteiger partial charge in [0.05, 0.1) is 12.1 Å². The molecule has 1 aromatic rings. The second kappa shape index (κ2) is 10.0. The van der Waals surface area contributed by atoms with Gasteiger partial charge < -0.3 is 25.6 Å². The Bertz CT molecular complexity index is 833. The zero-order valence-electron chi connectivity index (χ0n) is 18.8. The van der Waals surface area contributed by atoms with Crippen LogP contribution in [0.15, 0.2) is 24.3 Å². The first-order valence-electron chi connectivity index (χ1n) is 11.8. The number of carbonyl (C=O) groups excluding carboxylic acids is 3. The first-order valence-corrected chi connectivity index (χ1v) is 11.8. The van der Waals surface area contributed by atoms with Gasteiger partial charge in [-0.05, 0) is 51.2 Å². The molecule has 1 saturated carbocycles. The van der Waals surface area contributed by atoms with Crippen LogP contribution in [-0.4, -0.2) is 78.5 Å². The summed E-state index contributed by atoms with van der Waals surface area (Å²) in [5.74, 6) is -0.190. The molecule has 4 rings (SSSR count). The summed E-state index contributed by atoms with van der Waals surface area (Å²) in [4.78, 5) is 43.0. The average Bonchev–Trinajstić information content (AvgIpc) is 3.34. The summed E-state index contributed by atoms with van der Waals surface area (Å²) in [7, 11) is 0. The van der Waals surface area contributed by atoms with Gasteiger partial charge in [-0.3, -0.25) is 14.4 Å². The second-order valence-corrected chi connectivity index (χ2v) is 9.21. The number of ether oxygens (including phenoxy) is 1. The Morgan fingerprint density at radius 2 is 1.94 bits per heavy atom. The predicted octanol–water partition coefficient (Wildman–Crippen LogP) is 1.07. The molecule has 0 spiro atoms. The molecule has 3 unspecified atom stereocenters. The largest absolute Gasteiger partial charge is 0.376 e. The van der Waals surface area contributed by atoms with Gasteiger partial charge in [0.25, 0.3) is 5.91 Å². The third-order valence-corrected chi connectivity index (χ3v) is 6.66. The number of amides is 3. The lowest BCUT2D eigenvalue weighted by molar-refractivity contribution is -0.136. The van der Waals surface area contributed by atoms with Crippen LogP contribution < -0.4 is 11.1 Å². The van der Waals surface area contributed by atoms with E-state index >= 15 is 0 Å². The Morgan fingerprint density at radius 1 is 1.19 bits per heavy atom. The maximum Gasteiger partial charge on any atom is 0.254 e. The SMILES string of the molecule is Cc1ccc(C(=O)N2CC(N(CC3CCCO3)C(=O)C3CC3)CC2C(=O)NCCN)cc1. The van der Waals surface area contributed by atoms with Crippen LogP contribution in [0.4, 0.5) is 0 Å². The van der Waals surface area contributed by atoms with Crippen molar-refractivity contribution in [2.45, 2.75) is 57.2 Å². The number of hydrogen-bond donors (Lipinski definition) is 2. The number of rotatable bonds is 8. The fourth-order valence-electron chi connectivity index (χ4n) is 4.68. The standard InChI is InChI=1S/C24H34N4O4/c1-16-4-6-17(7-5-16)24(31)28-14-19(13-21(28)22(29)26-11-10-25)27(23(30)18-8-9-18)15-20-3-2-12-32-20/h4-7,18-21H,2-3,8-15,25H2,1H3,(H,26,29). The van der Waals surface area contributed by atoms with Gasteiger partial charge in [-0.25, -0.2) is 0 Å². The van der Waals surface area contributed by atoms with E-state index in [2.05, 4.69) is 5.32 Å². The molecule has 0 bridgehead atoms. The number of likely N-dealkylation sites (tertiary alicyclic amines) is 1. The predicted molar refractivity (Wildman–Crippen MR) is 120 cm³/mol. The Labute approximate surface area is 189 Å². The van der Waals surface area contributed by atoms with Crippen molar-refractivity contribution >= 4 is 17.7 Å². The molecular weight excluding hydrogens is 408 g/mol. The first kappa shape index (κ1) is 22.7. The molecule has 3 N–H and O–H groups in total. The molecular formula is C24H34N4O4. The molecule has 3 fully saturated rings. The highest BCUT2D eigenvalue weighted by Crippen LogP contribution is 2.34. The van der Waals surface area contributed by atoms with Gasteiger partial charge in [0, 0.05) is 44.3 Å². The minimum Gasteiger partial charge on any atom is -0.376 e. The Balaban J connectivity index is 1.56. The van der Waals surface area contributed by atoms with E-state index < -0.39 is 6.04 Å². The summed E-state index contributed by atoms with van der Waals surface area (Å²) in [5.41, 5.74) is 7.17.